The van der Waals surface area contributed by atoms with Gasteiger partial charge in [0.15, 0.2) is 0 Å². The van der Waals surface area contributed by atoms with Crippen molar-refractivity contribution in [1.29, 1.82) is 0 Å². The monoisotopic (exact) mass is 432 g/mol. The summed E-state index contributed by atoms with van der Waals surface area (Å²) in [7, 11) is 1.51. The van der Waals surface area contributed by atoms with Gasteiger partial charge in [0.25, 0.3) is 0 Å². The SMILES string of the molecule is CN(CC(=O)Nc1ccccc1Br)C(=O)CNC(=O)NCc1ccccc1. The van der Waals surface area contributed by atoms with E-state index in [1.54, 1.807) is 12.1 Å². The molecule has 0 atom stereocenters. The second kappa shape index (κ2) is 10.3. The minimum Gasteiger partial charge on any atom is -0.335 e. The fourth-order valence-electron chi connectivity index (χ4n) is 2.19. The fraction of sp³-hybridized carbons (Fsp3) is 0.211. The second-order valence-corrected chi connectivity index (χ2v) is 6.65. The Bertz CT molecular complexity index is 799. The van der Waals surface area contributed by atoms with Crippen LogP contribution in [0.5, 0.6) is 0 Å². The van der Waals surface area contributed by atoms with Crippen LogP contribution >= 0.6 is 15.9 Å². The summed E-state index contributed by atoms with van der Waals surface area (Å²) >= 11 is 3.34. The molecule has 0 fully saturated rings. The van der Waals surface area contributed by atoms with Crippen LogP contribution in [0.15, 0.2) is 59.1 Å². The van der Waals surface area contributed by atoms with Crippen molar-refractivity contribution in [2.24, 2.45) is 0 Å². The van der Waals surface area contributed by atoms with Gasteiger partial charge in [0, 0.05) is 18.1 Å². The fourth-order valence-corrected chi connectivity index (χ4v) is 2.57. The van der Waals surface area contributed by atoms with E-state index in [2.05, 4.69) is 31.9 Å². The van der Waals surface area contributed by atoms with Gasteiger partial charge >= 0.3 is 6.03 Å². The van der Waals surface area contributed by atoms with Crippen molar-refractivity contribution in [1.82, 2.24) is 15.5 Å². The van der Waals surface area contributed by atoms with Crippen LogP contribution in [-0.4, -0.2) is 42.9 Å². The number of para-hydroxylation sites is 1. The molecule has 0 aliphatic carbocycles. The van der Waals surface area contributed by atoms with E-state index < -0.39 is 6.03 Å². The summed E-state index contributed by atoms with van der Waals surface area (Å²) in [5.41, 5.74) is 1.58. The zero-order chi connectivity index (χ0) is 19.6. The summed E-state index contributed by atoms with van der Waals surface area (Å²) in [5.74, 6) is -0.696. The number of carbonyl (C=O) groups excluding carboxylic acids is 3. The van der Waals surface area contributed by atoms with Crippen LogP contribution in [0.3, 0.4) is 0 Å². The summed E-state index contributed by atoms with van der Waals surface area (Å²) in [6.07, 6.45) is 0. The van der Waals surface area contributed by atoms with Crippen LogP contribution in [0.4, 0.5) is 10.5 Å². The summed E-state index contributed by atoms with van der Waals surface area (Å²) in [6.45, 7) is 0.0536. The molecule has 142 valence electrons. The largest absolute Gasteiger partial charge is 0.335 e. The smallest absolute Gasteiger partial charge is 0.315 e. The lowest BCUT2D eigenvalue weighted by Gasteiger charge is -2.17. The molecule has 0 saturated carbocycles. The molecule has 0 radical (unpaired) electrons. The number of likely N-dealkylation sites (N-methyl/N-ethyl adjacent to an activating group) is 1. The normalized spacial score (nSPS) is 10.0. The van der Waals surface area contributed by atoms with Gasteiger partial charge in [-0.05, 0) is 33.6 Å². The number of nitrogens with zero attached hydrogens (tertiary/aromatic N) is 1. The van der Waals surface area contributed by atoms with Gasteiger partial charge in [-0.3, -0.25) is 9.59 Å². The molecule has 2 aromatic carbocycles. The van der Waals surface area contributed by atoms with E-state index >= 15 is 0 Å². The maximum Gasteiger partial charge on any atom is 0.315 e. The van der Waals surface area contributed by atoms with Crippen molar-refractivity contribution in [3.63, 3.8) is 0 Å². The van der Waals surface area contributed by atoms with Crippen LogP contribution in [0.2, 0.25) is 0 Å². The topological polar surface area (TPSA) is 90.5 Å². The van der Waals surface area contributed by atoms with E-state index in [9.17, 15) is 14.4 Å². The summed E-state index contributed by atoms with van der Waals surface area (Å²) < 4.78 is 0.754. The lowest BCUT2D eigenvalue weighted by molar-refractivity contribution is -0.132. The number of rotatable bonds is 7. The third-order valence-electron chi connectivity index (χ3n) is 3.65. The Labute approximate surface area is 166 Å². The molecular weight excluding hydrogens is 412 g/mol. The van der Waals surface area contributed by atoms with Crippen molar-refractivity contribution in [2.75, 3.05) is 25.5 Å². The van der Waals surface area contributed by atoms with Crippen LogP contribution < -0.4 is 16.0 Å². The molecule has 0 aromatic heterocycles. The third-order valence-corrected chi connectivity index (χ3v) is 4.34. The standard InChI is InChI=1S/C19H21BrN4O3/c1-24(13-17(25)23-16-10-6-5-9-15(16)20)18(26)12-22-19(27)21-11-14-7-3-2-4-8-14/h2-10H,11-13H2,1H3,(H,23,25)(H2,21,22,27). The van der Waals surface area contributed by atoms with E-state index in [0.29, 0.717) is 12.2 Å². The number of hydrogen-bond donors (Lipinski definition) is 3. The molecule has 0 aliphatic rings. The number of carbonyl (C=O) groups is 3. The summed E-state index contributed by atoms with van der Waals surface area (Å²) in [5, 5.41) is 7.87. The molecule has 4 amide bonds. The molecule has 0 spiro atoms. The highest BCUT2D eigenvalue weighted by Crippen LogP contribution is 2.20. The average molecular weight is 433 g/mol. The van der Waals surface area contributed by atoms with E-state index in [1.807, 2.05) is 42.5 Å². The van der Waals surface area contributed by atoms with Crippen LogP contribution in [0.25, 0.3) is 0 Å². The first-order valence-corrected chi connectivity index (χ1v) is 9.09. The molecular formula is C19H21BrN4O3. The number of nitrogens with one attached hydrogen (secondary N) is 3. The van der Waals surface area contributed by atoms with Gasteiger partial charge in [0.05, 0.1) is 18.8 Å². The predicted octanol–water partition coefficient (Wildman–Crippen LogP) is 2.35. The van der Waals surface area contributed by atoms with Gasteiger partial charge in [0.1, 0.15) is 0 Å². The van der Waals surface area contributed by atoms with Gasteiger partial charge in [-0.25, -0.2) is 4.79 Å². The molecule has 0 bridgehead atoms. The zero-order valence-corrected chi connectivity index (χ0v) is 16.5. The quantitative estimate of drug-likeness (QED) is 0.626. The van der Waals surface area contributed by atoms with E-state index in [0.717, 1.165) is 10.0 Å². The maximum absolute atomic E-state index is 12.1. The number of benzene rings is 2. The third kappa shape index (κ3) is 7.10. The van der Waals surface area contributed by atoms with Gasteiger partial charge < -0.3 is 20.9 Å². The Morgan fingerprint density at radius 3 is 2.33 bits per heavy atom. The van der Waals surface area contributed by atoms with Gasteiger partial charge in [-0.2, -0.15) is 0 Å². The average Bonchev–Trinajstić information content (AvgIpc) is 2.67. The zero-order valence-electron chi connectivity index (χ0n) is 14.9. The first kappa shape index (κ1) is 20.4. The highest BCUT2D eigenvalue weighted by atomic mass is 79.9. The number of urea groups is 1. The lowest BCUT2D eigenvalue weighted by atomic mass is 10.2. The van der Waals surface area contributed by atoms with Gasteiger partial charge in [-0.1, -0.05) is 42.5 Å². The summed E-state index contributed by atoms with van der Waals surface area (Å²) in [4.78, 5) is 37.1. The van der Waals surface area contributed by atoms with Crippen LogP contribution in [0, 0.1) is 0 Å². The van der Waals surface area contributed by atoms with Crippen molar-refractivity contribution in [3.8, 4) is 0 Å². The Morgan fingerprint density at radius 1 is 0.963 bits per heavy atom. The van der Waals surface area contributed by atoms with E-state index in [-0.39, 0.29) is 24.9 Å². The van der Waals surface area contributed by atoms with Crippen molar-refractivity contribution in [3.05, 3.63) is 64.6 Å². The molecule has 2 rings (SSSR count). The van der Waals surface area contributed by atoms with Crippen molar-refractivity contribution >= 4 is 39.5 Å². The molecule has 8 heteroatoms. The van der Waals surface area contributed by atoms with Crippen molar-refractivity contribution < 1.29 is 14.4 Å². The first-order valence-electron chi connectivity index (χ1n) is 8.29. The highest BCUT2D eigenvalue weighted by Gasteiger charge is 2.14. The Hall–Kier alpha value is -2.87. The molecule has 3 N–H and O–H groups in total. The minimum absolute atomic E-state index is 0.118. The molecule has 2 aromatic rings. The van der Waals surface area contributed by atoms with Crippen molar-refractivity contribution in [2.45, 2.75) is 6.54 Å². The van der Waals surface area contributed by atoms with Gasteiger partial charge in [-0.15, -0.1) is 0 Å². The number of amides is 4. The first-order chi connectivity index (χ1) is 13.0. The molecule has 0 unspecified atom stereocenters. The van der Waals surface area contributed by atoms with Crippen LogP contribution in [0.1, 0.15) is 5.56 Å². The molecule has 7 nitrogen and oxygen atoms in total. The minimum atomic E-state index is -0.446. The Morgan fingerprint density at radius 2 is 1.63 bits per heavy atom. The maximum atomic E-state index is 12.1. The predicted molar refractivity (Wildman–Crippen MR) is 107 cm³/mol. The summed E-state index contributed by atoms with van der Waals surface area (Å²) in [6, 6.07) is 16.2. The second-order valence-electron chi connectivity index (χ2n) is 5.80. The lowest BCUT2D eigenvalue weighted by Crippen LogP contribution is -2.44. The number of halogens is 1. The molecule has 0 saturated heterocycles. The number of hydrogen-bond acceptors (Lipinski definition) is 3. The molecule has 27 heavy (non-hydrogen) atoms. The Balaban J connectivity index is 1.70. The van der Waals surface area contributed by atoms with Gasteiger partial charge in [0.2, 0.25) is 11.8 Å². The Kier molecular flexibility index (Phi) is 7.81. The van der Waals surface area contributed by atoms with E-state index in [1.165, 1.54) is 11.9 Å². The highest BCUT2D eigenvalue weighted by molar-refractivity contribution is 9.10. The molecule has 0 heterocycles. The van der Waals surface area contributed by atoms with Crippen LogP contribution in [-0.2, 0) is 16.1 Å². The van der Waals surface area contributed by atoms with E-state index in [4.69, 9.17) is 0 Å². The number of anilines is 1. The molecule has 0 aliphatic heterocycles.